The molecule has 1 unspecified atom stereocenters. The first-order chi connectivity index (χ1) is 19.3. The van der Waals surface area contributed by atoms with Crippen molar-refractivity contribution in [2.24, 2.45) is 5.92 Å². The summed E-state index contributed by atoms with van der Waals surface area (Å²) in [6.07, 6.45) is -2.11. The maximum Gasteiger partial charge on any atom is 0.573 e. The number of hydrogen-bond donors (Lipinski definition) is 5. The Balaban J connectivity index is 1.33. The van der Waals surface area contributed by atoms with Gasteiger partial charge in [0.1, 0.15) is 33.3 Å². The minimum atomic E-state index is -4.78. The Morgan fingerprint density at radius 2 is 1.85 bits per heavy atom. The van der Waals surface area contributed by atoms with Crippen LogP contribution in [0.15, 0.2) is 42.7 Å². The lowest BCUT2D eigenvalue weighted by Crippen LogP contribution is -2.53. The zero-order valence-electron chi connectivity index (χ0n) is 22.1. The van der Waals surface area contributed by atoms with E-state index in [1.54, 1.807) is 19.3 Å². The SMILES string of the molecule is Cc1nc(N[C@H](C)c2ccc(OC(F)(F)F)cc2)nc(N[C@@H]2C[C@@H]3C(O)[C@]3(O)[C@@]2(C)O)c1-c1nc2cnccc2s1. The Bertz CT molecular complexity index is 1580. The Morgan fingerprint density at radius 1 is 1.12 bits per heavy atom. The van der Waals surface area contributed by atoms with Crippen LogP contribution in [0, 0.1) is 12.8 Å². The molecule has 2 saturated carbocycles. The molecule has 2 aliphatic carbocycles. The predicted molar refractivity (Wildman–Crippen MR) is 145 cm³/mol. The number of aliphatic hydroxyl groups is 3. The normalized spacial score (nSPS) is 27.9. The van der Waals surface area contributed by atoms with Gasteiger partial charge in [-0.1, -0.05) is 12.1 Å². The van der Waals surface area contributed by atoms with Gasteiger partial charge in [-0.15, -0.1) is 24.5 Å². The van der Waals surface area contributed by atoms with Gasteiger partial charge in [-0.3, -0.25) is 4.98 Å². The summed E-state index contributed by atoms with van der Waals surface area (Å²) in [6.45, 7) is 5.10. The summed E-state index contributed by atoms with van der Waals surface area (Å²) in [5, 5.41) is 39.3. The number of anilines is 2. The smallest absolute Gasteiger partial charge is 0.406 e. The highest BCUT2D eigenvalue weighted by atomic mass is 32.1. The van der Waals surface area contributed by atoms with Crippen LogP contribution < -0.4 is 15.4 Å². The monoisotopic (exact) mass is 588 g/mol. The first kappa shape index (κ1) is 27.6. The maximum atomic E-state index is 12.5. The van der Waals surface area contributed by atoms with E-state index in [1.807, 2.05) is 13.0 Å². The molecule has 14 heteroatoms. The van der Waals surface area contributed by atoms with Crippen molar-refractivity contribution in [2.45, 2.75) is 62.9 Å². The van der Waals surface area contributed by atoms with Gasteiger partial charge in [0.25, 0.3) is 0 Å². The quantitative estimate of drug-likeness (QED) is 0.213. The molecule has 216 valence electrons. The van der Waals surface area contributed by atoms with Crippen LogP contribution in [0.2, 0.25) is 0 Å². The predicted octanol–water partition coefficient (Wildman–Crippen LogP) is 4.19. The number of nitrogens with one attached hydrogen (secondary N) is 2. The molecule has 41 heavy (non-hydrogen) atoms. The van der Waals surface area contributed by atoms with Gasteiger partial charge in [-0.2, -0.15) is 4.98 Å². The van der Waals surface area contributed by atoms with Crippen LogP contribution in [0.5, 0.6) is 5.75 Å². The number of aromatic nitrogens is 4. The minimum absolute atomic E-state index is 0.237. The van der Waals surface area contributed by atoms with Gasteiger partial charge in [-0.05, 0) is 51.0 Å². The highest BCUT2D eigenvalue weighted by Crippen LogP contribution is 2.61. The Labute approximate surface area is 236 Å². The fourth-order valence-corrected chi connectivity index (χ4v) is 6.69. The number of pyridine rings is 1. The van der Waals surface area contributed by atoms with Crippen LogP contribution >= 0.6 is 11.3 Å². The molecule has 0 bridgehead atoms. The van der Waals surface area contributed by atoms with Gasteiger partial charge in [0.05, 0.1) is 40.3 Å². The van der Waals surface area contributed by atoms with Crippen LogP contribution in [0.25, 0.3) is 20.8 Å². The summed E-state index contributed by atoms with van der Waals surface area (Å²) in [7, 11) is 0. The number of aryl methyl sites for hydroxylation is 1. The molecule has 6 atom stereocenters. The highest BCUT2D eigenvalue weighted by Gasteiger charge is 2.79. The van der Waals surface area contributed by atoms with E-state index in [0.29, 0.717) is 39.6 Å². The molecule has 1 aromatic carbocycles. The van der Waals surface area contributed by atoms with E-state index in [1.165, 1.54) is 42.5 Å². The average molecular weight is 589 g/mol. The molecular formula is C27H27F3N6O4S. The molecule has 5 N–H and O–H groups in total. The van der Waals surface area contributed by atoms with Gasteiger partial charge in [0.15, 0.2) is 0 Å². The number of nitrogens with zero attached hydrogens (tertiary/aromatic N) is 4. The lowest BCUT2D eigenvalue weighted by atomic mass is 9.91. The summed E-state index contributed by atoms with van der Waals surface area (Å²) in [5.74, 6) is -0.174. The molecule has 6 rings (SSSR count). The maximum absolute atomic E-state index is 12.5. The summed E-state index contributed by atoms with van der Waals surface area (Å²) >= 11 is 1.43. The zero-order chi connectivity index (χ0) is 29.3. The van der Waals surface area contributed by atoms with E-state index >= 15 is 0 Å². The summed E-state index contributed by atoms with van der Waals surface area (Å²) in [4.78, 5) is 18.2. The number of ether oxygens (including phenoxy) is 1. The number of fused-ring (bicyclic) bond motifs is 2. The fourth-order valence-electron chi connectivity index (χ4n) is 5.66. The molecule has 3 aromatic heterocycles. The Hall–Kier alpha value is -3.59. The van der Waals surface area contributed by atoms with Gasteiger partial charge < -0.3 is 30.7 Å². The first-order valence-electron chi connectivity index (χ1n) is 12.9. The second-order valence-corrected chi connectivity index (χ2v) is 11.7. The van der Waals surface area contributed by atoms with Crippen molar-refractivity contribution in [3.05, 3.63) is 54.0 Å². The molecule has 3 heterocycles. The Kier molecular flexibility index (Phi) is 6.37. The standard InChI is InChI=1S/C27H27F3N6O4S/c1-12(14-4-6-15(7-5-14)40-27(28,29)30)32-24-33-13(2)20(23-34-17-11-31-9-8-18(17)41-23)22(36-24)35-19-10-16-21(37)26(16,39)25(19,3)38/h4-9,11-12,16,19,21,37-39H,10H2,1-3H3,(H2,32,33,35,36)/t12-,16-,19-,21?,25+,26+/m1/s1. The molecule has 2 fully saturated rings. The van der Waals surface area contributed by atoms with Crippen LogP contribution in [-0.2, 0) is 0 Å². The number of thiazole rings is 1. The second-order valence-electron chi connectivity index (χ2n) is 10.7. The summed E-state index contributed by atoms with van der Waals surface area (Å²) in [6, 6.07) is 6.34. The lowest BCUT2D eigenvalue weighted by Gasteiger charge is -2.34. The van der Waals surface area contributed by atoms with E-state index in [-0.39, 0.29) is 17.7 Å². The number of halogens is 3. The molecular weight excluding hydrogens is 561 g/mol. The van der Waals surface area contributed by atoms with Crippen molar-refractivity contribution in [1.29, 1.82) is 0 Å². The van der Waals surface area contributed by atoms with Crippen molar-refractivity contribution in [3.63, 3.8) is 0 Å². The first-order valence-corrected chi connectivity index (χ1v) is 13.7. The third-order valence-corrected chi connectivity index (χ3v) is 9.08. The molecule has 0 amide bonds. The van der Waals surface area contributed by atoms with Gasteiger partial charge in [0, 0.05) is 12.1 Å². The molecule has 2 aliphatic rings. The van der Waals surface area contributed by atoms with E-state index in [2.05, 4.69) is 25.3 Å². The molecule has 4 aromatic rings. The minimum Gasteiger partial charge on any atom is -0.406 e. The zero-order valence-corrected chi connectivity index (χ0v) is 23.0. The highest BCUT2D eigenvalue weighted by molar-refractivity contribution is 7.21. The summed E-state index contributed by atoms with van der Waals surface area (Å²) in [5.41, 5.74) is -0.661. The molecule has 0 aliphatic heterocycles. The van der Waals surface area contributed by atoms with E-state index in [4.69, 9.17) is 9.97 Å². The lowest BCUT2D eigenvalue weighted by molar-refractivity contribution is -0.274. The van der Waals surface area contributed by atoms with Crippen LogP contribution in [0.3, 0.4) is 0 Å². The molecule has 0 saturated heterocycles. The fraction of sp³-hybridized carbons (Fsp3) is 0.407. The van der Waals surface area contributed by atoms with Crippen molar-refractivity contribution in [2.75, 3.05) is 10.6 Å². The van der Waals surface area contributed by atoms with E-state index < -0.39 is 35.6 Å². The molecule has 0 radical (unpaired) electrons. The van der Waals surface area contributed by atoms with Crippen molar-refractivity contribution in [3.8, 4) is 16.3 Å². The number of alkyl halides is 3. The third kappa shape index (κ3) is 4.74. The topological polar surface area (TPSA) is 146 Å². The largest absolute Gasteiger partial charge is 0.573 e. The van der Waals surface area contributed by atoms with Crippen LogP contribution in [-0.4, -0.2) is 65.0 Å². The number of hydrogen-bond acceptors (Lipinski definition) is 11. The number of rotatable bonds is 7. The number of aliphatic hydroxyl groups excluding tert-OH is 1. The van der Waals surface area contributed by atoms with Crippen molar-refractivity contribution < 1.29 is 33.2 Å². The van der Waals surface area contributed by atoms with Crippen molar-refractivity contribution in [1.82, 2.24) is 19.9 Å². The molecule has 10 nitrogen and oxygen atoms in total. The molecule has 0 spiro atoms. The third-order valence-electron chi connectivity index (χ3n) is 8.03. The van der Waals surface area contributed by atoms with Gasteiger partial charge >= 0.3 is 6.36 Å². The van der Waals surface area contributed by atoms with E-state index in [0.717, 1.165) is 4.70 Å². The van der Waals surface area contributed by atoms with Gasteiger partial charge in [-0.25, -0.2) is 9.97 Å². The number of benzene rings is 1. The Morgan fingerprint density at radius 3 is 2.49 bits per heavy atom. The average Bonchev–Trinajstić information content (AvgIpc) is 3.16. The van der Waals surface area contributed by atoms with Gasteiger partial charge in [0.2, 0.25) is 5.95 Å². The van der Waals surface area contributed by atoms with E-state index in [9.17, 15) is 28.5 Å². The van der Waals surface area contributed by atoms with Crippen LogP contribution in [0.1, 0.15) is 37.6 Å². The second kappa shape index (κ2) is 9.48. The van der Waals surface area contributed by atoms with Crippen LogP contribution in [0.4, 0.5) is 24.9 Å². The van der Waals surface area contributed by atoms with Crippen molar-refractivity contribution >= 4 is 33.3 Å². The summed E-state index contributed by atoms with van der Waals surface area (Å²) < 4.78 is 42.5.